The lowest BCUT2D eigenvalue weighted by atomic mass is 9.79. The van der Waals surface area contributed by atoms with Gasteiger partial charge in [-0.05, 0) is 30.9 Å². The molecular weight excluding hydrogens is 210 g/mol. The first-order chi connectivity index (χ1) is 8.10. The number of unbranched alkanes of at least 4 members (excludes halogenated alkanes) is 1. The predicted octanol–water partition coefficient (Wildman–Crippen LogP) is 3.59. The molecule has 0 saturated carbocycles. The highest BCUT2D eigenvalue weighted by atomic mass is 16.3. The van der Waals surface area contributed by atoms with Crippen molar-refractivity contribution in [3.63, 3.8) is 0 Å². The summed E-state index contributed by atoms with van der Waals surface area (Å²) in [4.78, 5) is 4.11. The maximum Gasteiger partial charge on any atom is 0.0688 e. The molecule has 17 heavy (non-hydrogen) atoms. The first-order valence-electron chi connectivity index (χ1n) is 6.71. The van der Waals surface area contributed by atoms with Crippen LogP contribution in [-0.2, 0) is 6.42 Å². The van der Waals surface area contributed by atoms with Gasteiger partial charge in [-0.2, -0.15) is 0 Å². The zero-order valence-corrected chi connectivity index (χ0v) is 11.3. The lowest BCUT2D eigenvalue weighted by molar-refractivity contribution is -0.00696. The van der Waals surface area contributed by atoms with E-state index >= 15 is 0 Å². The minimum absolute atomic E-state index is 0.377. The molecule has 0 bridgehead atoms. The van der Waals surface area contributed by atoms with E-state index in [0.29, 0.717) is 12.3 Å². The number of pyridine rings is 1. The van der Waals surface area contributed by atoms with Crippen molar-refractivity contribution in [3.8, 4) is 0 Å². The lowest BCUT2D eigenvalue weighted by Crippen LogP contribution is -2.36. The van der Waals surface area contributed by atoms with Gasteiger partial charge in [0.25, 0.3) is 0 Å². The highest BCUT2D eigenvalue weighted by Gasteiger charge is 2.30. The first kappa shape index (κ1) is 14.2. The molecule has 0 saturated heterocycles. The molecule has 2 heteroatoms. The molecule has 1 heterocycles. The van der Waals surface area contributed by atoms with Crippen LogP contribution in [-0.4, -0.2) is 15.7 Å². The number of hydrogen-bond acceptors (Lipinski definition) is 2. The van der Waals surface area contributed by atoms with Gasteiger partial charge >= 0.3 is 0 Å². The fraction of sp³-hybridized carbons (Fsp3) is 0.667. The Morgan fingerprint density at radius 2 is 2.18 bits per heavy atom. The summed E-state index contributed by atoms with van der Waals surface area (Å²) >= 11 is 0. The van der Waals surface area contributed by atoms with E-state index in [0.717, 1.165) is 18.4 Å². The van der Waals surface area contributed by atoms with Crippen molar-refractivity contribution < 1.29 is 5.11 Å². The molecule has 96 valence electrons. The van der Waals surface area contributed by atoms with Gasteiger partial charge in [-0.15, -0.1) is 0 Å². The van der Waals surface area contributed by atoms with Gasteiger partial charge in [0.15, 0.2) is 0 Å². The normalized spacial score (nSPS) is 16.5. The summed E-state index contributed by atoms with van der Waals surface area (Å²) in [6.07, 6.45) is 8.85. The van der Waals surface area contributed by atoms with Crippen LogP contribution in [0.2, 0.25) is 0 Å². The van der Waals surface area contributed by atoms with Crippen LogP contribution in [0.15, 0.2) is 24.5 Å². The average molecular weight is 235 g/mol. The van der Waals surface area contributed by atoms with Crippen molar-refractivity contribution in [1.82, 2.24) is 4.98 Å². The summed E-state index contributed by atoms with van der Waals surface area (Å²) in [7, 11) is 0. The molecule has 1 aromatic rings. The fourth-order valence-electron chi connectivity index (χ4n) is 2.47. The van der Waals surface area contributed by atoms with Crippen molar-refractivity contribution in [2.75, 3.05) is 0 Å². The van der Waals surface area contributed by atoms with Crippen LogP contribution >= 0.6 is 0 Å². The monoisotopic (exact) mass is 235 g/mol. The average Bonchev–Trinajstić information content (AvgIpc) is 2.30. The van der Waals surface area contributed by atoms with E-state index in [1.807, 2.05) is 25.3 Å². The molecule has 0 fully saturated rings. The van der Waals surface area contributed by atoms with E-state index in [-0.39, 0.29) is 0 Å². The molecule has 0 aliphatic heterocycles. The molecule has 2 unspecified atom stereocenters. The lowest BCUT2D eigenvalue weighted by Gasteiger charge is -2.32. The van der Waals surface area contributed by atoms with E-state index in [1.165, 1.54) is 12.8 Å². The van der Waals surface area contributed by atoms with Gasteiger partial charge in [0.1, 0.15) is 0 Å². The summed E-state index contributed by atoms with van der Waals surface area (Å²) in [6.45, 7) is 6.32. The van der Waals surface area contributed by atoms with Crippen LogP contribution in [0, 0.1) is 5.92 Å². The van der Waals surface area contributed by atoms with E-state index in [4.69, 9.17) is 0 Å². The van der Waals surface area contributed by atoms with Crippen LogP contribution in [0.5, 0.6) is 0 Å². The maximum atomic E-state index is 10.6. The van der Waals surface area contributed by atoms with E-state index in [9.17, 15) is 5.11 Å². The highest BCUT2D eigenvalue weighted by molar-refractivity contribution is 5.12. The Labute approximate surface area is 105 Å². The van der Waals surface area contributed by atoms with Gasteiger partial charge in [-0.3, -0.25) is 4.98 Å². The Bertz CT molecular complexity index is 308. The van der Waals surface area contributed by atoms with Crippen molar-refractivity contribution in [2.24, 2.45) is 5.92 Å². The van der Waals surface area contributed by atoms with Crippen LogP contribution in [0.4, 0.5) is 0 Å². The van der Waals surface area contributed by atoms with E-state index in [2.05, 4.69) is 18.8 Å². The second kappa shape index (κ2) is 6.75. The molecule has 1 N–H and O–H groups in total. The Morgan fingerprint density at radius 3 is 2.71 bits per heavy atom. The first-order valence-corrected chi connectivity index (χ1v) is 6.71. The molecular formula is C15H25NO. The van der Waals surface area contributed by atoms with Gasteiger partial charge in [-0.25, -0.2) is 0 Å². The van der Waals surface area contributed by atoms with Crippen LogP contribution in [0.1, 0.15) is 52.0 Å². The van der Waals surface area contributed by atoms with E-state index in [1.54, 1.807) is 6.20 Å². The number of aliphatic hydroxyl groups is 1. The van der Waals surface area contributed by atoms with Gasteiger partial charge in [-0.1, -0.05) is 39.2 Å². The van der Waals surface area contributed by atoms with Crippen LogP contribution in [0.25, 0.3) is 0 Å². The molecule has 0 aliphatic carbocycles. The van der Waals surface area contributed by atoms with Crippen LogP contribution in [0.3, 0.4) is 0 Å². The molecule has 1 aromatic heterocycles. The van der Waals surface area contributed by atoms with Crippen molar-refractivity contribution in [3.05, 3.63) is 30.1 Å². The predicted molar refractivity (Wildman–Crippen MR) is 71.9 cm³/mol. The Kier molecular flexibility index (Phi) is 5.63. The Balaban J connectivity index is 2.64. The molecule has 0 aromatic carbocycles. The molecule has 0 radical (unpaired) electrons. The van der Waals surface area contributed by atoms with Gasteiger partial charge in [0, 0.05) is 18.8 Å². The van der Waals surface area contributed by atoms with E-state index < -0.39 is 5.60 Å². The Hall–Kier alpha value is -0.890. The largest absolute Gasteiger partial charge is 0.390 e. The smallest absolute Gasteiger partial charge is 0.0688 e. The summed E-state index contributed by atoms with van der Waals surface area (Å²) in [5, 5.41) is 10.6. The fourth-order valence-corrected chi connectivity index (χ4v) is 2.47. The van der Waals surface area contributed by atoms with Gasteiger partial charge in [0.2, 0.25) is 0 Å². The van der Waals surface area contributed by atoms with Crippen molar-refractivity contribution >= 4 is 0 Å². The third kappa shape index (κ3) is 4.47. The molecule has 0 amide bonds. The molecule has 1 rings (SSSR count). The van der Waals surface area contributed by atoms with Crippen LogP contribution < -0.4 is 0 Å². The minimum Gasteiger partial charge on any atom is -0.390 e. The minimum atomic E-state index is -0.618. The van der Waals surface area contributed by atoms with Gasteiger partial charge < -0.3 is 5.11 Å². The molecule has 2 atom stereocenters. The second-order valence-electron chi connectivity index (χ2n) is 5.14. The molecule has 0 aliphatic rings. The summed E-state index contributed by atoms with van der Waals surface area (Å²) in [5.74, 6) is 0.377. The van der Waals surface area contributed by atoms with Gasteiger partial charge in [0.05, 0.1) is 5.60 Å². The SMILES string of the molecule is CCCCC(CC)C(C)(O)Cc1cccnc1. The quantitative estimate of drug-likeness (QED) is 0.783. The van der Waals surface area contributed by atoms with Crippen molar-refractivity contribution in [1.29, 1.82) is 0 Å². The zero-order chi connectivity index (χ0) is 12.7. The highest BCUT2D eigenvalue weighted by Crippen LogP contribution is 2.29. The summed E-state index contributed by atoms with van der Waals surface area (Å²) in [5.41, 5.74) is 0.500. The summed E-state index contributed by atoms with van der Waals surface area (Å²) in [6, 6.07) is 3.96. The number of rotatable bonds is 7. The maximum absolute atomic E-state index is 10.6. The summed E-state index contributed by atoms with van der Waals surface area (Å²) < 4.78 is 0. The van der Waals surface area contributed by atoms with Crippen molar-refractivity contribution in [2.45, 2.75) is 58.5 Å². The third-order valence-electron chi connectivity index (χ3n) is 3.56. The Morgan fingerprint density at radius 1 is 1.41 bits per heavy atom. The second-order valence-corrected chi connectivity index (χ2v) is 5.14. The number of aromatic nitrogens is 1. The number of nitrogens with zero attached hydrogens (tertiary/aromatic N) is 1. The zero-order valence-electron chi connectivity index (χ0n) is 11.3. The topological polar surface area (TPSA) is 33.1 Å². The molecule has 2 nitrogen and oxygen atoms in total. The third-order valence-corrected chi connectivity index (χ3v) is 3.56. The standard InChI is InChI=1S/C15H25NO/c1-4-6-9-14(5-2)15(3,17)11-13-8-7-10-16-12-13/h7-8,10,12,14,17H,4-6,9,11H2,1-3H3. The molecule has 0 spiro atoms. The number of hydrogen-bond donors (Lipinski definition) is 1.